The van der Waals surface area contributed by atoms with Crippen LogP contribution in [-0.4, -0.2) is 211 Å². The molecule has 95 heavy (non-hydrogen) atoms. The fourth-order valence-electron chi connectivity index (χ4n) is 13.9. The van der Waals surface area contributed by atoms with Crippen molar-refractivity contribution in [3.63, 3.8) is 0 Å². The first-order valence-corrected chi connectivity index (χ1v) is 34.2. The topological polar surface area (TPSA) is 298 Å². The molecule has 4 aliphatic heterocycles. The molecule has 0 spiro atoms. The van der Waals surface area contributed by atoms with Gasteiger partial charge in [0.25, 0.3) is 17.6 Å². The molecule has 3 saturated heterocycles. The number of carbonyl (C=O) groups excluding carboxylic acids is 6. The van der Waals surface area contributed by atoms with Crippen molar-refractivity contribution in [1.29, 1.82) is 0 Å². The molecule has 2 aromatic heterocycles. The number of nitrogen functional groups attached to an aromatic ring is 1. The number of methoxy groups -OCH3 is 4. The standard InChI is InChI=1S/C71H107N9O15/c1-14-77(9)66(85)53-42-75-70(76-65(53)72)79-32-30-78(31-33-79)69-73-40-51(41-74-69)25-28-60(81)93-55-27-24-50(37-59(55)91-12)36-46(5)58-39-57(90-11)45(4)35-48(7)62(83)63(92-13)61(82)47(6)34-43(2)20-16-15-17-21-44(3)56(89-10)38-52-26-23-49(8)71(88,95-52)64(84)67(86)80-29-19-18-22-54(80)68(87)94-58/h15-17,20-21,35,40-43,45-47,49-50,52,54-59,62-63,83,88H,14,18-19,22-34,36-39H2,1-13H3,(H2,72,75,76)/b17-15+,20-16+,44-21+,48-35+/t43-,45-,46-,47-,49-,50+,52+,54+,55-,56+,57-,58+,59-,62-,63+,71-/m1/s1. The minimum Gasteiger partial charge on any atom is -0.460 e. The van der Waals surface area contributed by atoms with Crippen molar-refractivity contribution in [3.05, 3.63) is 77.3 Å². The Hall–Kier alpha value is -6.54. The van der Waals surface area contributed by atoms with E-state index in [0.717, 1.165) is 11.1 Å². The Morgan fingerprint density at radius 3 is 2.13 bits per heavy atom. The van der Waals surface area contributed by atoms with Crippen molar-refractivity contribution in [2.75, 3.05) is 90.3 Å². The van der Waals surface area contributed by atoms with E-state index in [1.54, 1.807) is 59.5 Å². The lowest BCUT2D eigenvalue weighted by molar-refractivity contribution is -0.265. The molecule has 7 rings (SSSR count). The van der Waals surface area contributed by atoms with Gasteiger partial charge in [0.05, 0.1) is 24.4 Å². The number of hydrogen-bond acceptors (Lipinski definition) is 22. The molecule has 24 nitrogen and oxygen atoms in total. The molecule has 4 N–H and O–H groups in total. The number of aliphatic hydroxyl groups is 2. The molecule has 1 saturated carbocycles. The molecule has 2 amide bonds. The number of anilines is 3. The van der Waals surface area contributed by atoms with E-state index in [1.807, 2.05) is 82.9 Å². The molecule has 5 aliphatic rings. The number of fused-ring (bicyclic) bond motifs is 3. The van der Waals surface area contributed by atoms with E-state index in [-0.39, 0.29) is 78.5 Å². The Morgan fingerprint density at radius 1 is 0.789 bits per heavy atom. The molecule has 6 heterocycles. The van der Waals surface area contributed by atoms with Crippen LogP contribution in [0, 0.1) is 35.5 Å². The van der Waals surface area contributed by atoms with E-state index in [1.165, 1.54) is 18.2 Å². The predicted molar refractivity (Wildman–Crippen MR) is 359 cm³/mol. The van der Waals surface area contributed by atoms with E-state index < -0.39 is 90.2 Å². The summed E-state index contributed by atoms with van der Waals surface area (Å²) in [6.07, 6.45) is 16.8. The van der Waals surface area contributed by atoms with Gasteiger partial charge >= 0.3 is 11.9 Å². The second-order valence-corrected chi connectivity index (χ2v) is 27.1. The number of piperidine rings is 1. The van der Waals surface area contributed by atoms with Gasteiger partial charge in [0.2, 0.25) is 17.7 Å². The van der Waals surface area contributed by atoms with Crippen LogP contribution >= 0.6 is 0 Å². The molecule has 24 heteroatoms. The summed E-state index contributed by atoms with van der Waals surface area (Å²) in [7, 11) is 7.88. The van der Waals surface area contributed by atoms with Gasteiger partial charge in [0.15, 0.2) is 5.78 Å². The van der Waals surface area contributed by atoms with Crippen molar-refractivity contribution in [2.45, 2.75) is 206 Å². The Morgan fingerprint density at radius 2 is 1.47 bits per heavy atom. The highest BCUT2D eigenvalue weighted by molar-refractivity contribution is 6.39. The number of Topliss-reactive ketones (excluding diaryl/α,β-unsaturated/α-hetero) is 2. The number of nitrogens with zero attached hydrogens (tertiary/aromatic N) is 8. The Labute approximate surface area is 561 Å². The van der Waals surface area contributed by atoms with Crippen molar-refractivity contribution >= 4 is 53.0 Å². The van der Waals surface area contributed by atoms with Gasteiger partial charge < -0.3 is 68.7 Å². The summed E-state index contributed by atoms with van der Waals surface area (Å²) in [5, 5.41) is 23.9. The average molecular weight is 1330 g/mol. The number of carbonyl (C=O) groups is 6. The van der Waals surface area contributed by atoms with Crippen LogP contribution in [0.5, 0.6) is 0 Å². The summed E-state index contributed by atoms with van der Waals surface area (Å²) in [6.45, 7) is 18.1. The third-order valence-corrected chi connectivity index (χ3v) is 20.2. The predicted octanol–water partition coefficient (Wildman–Crippen LogP) is 7.39. The quantitative estimate of drug-likeness (QED) is 0.0889. The van der Waals surface area contributed by atoms with Gasteiger partial charge in [-0.1, -0.05) is 71.1 Å². The smallest absolute Gasteiger partial charge is 0.329 e. The highest BCUT2D eigenvalue weighted by Crippen LogP contribution is 2.39. The summed E-state index contributed by atoms with van der Waals surface area (Å²) >= 11 is 0. The van der Waals surface area contributed by atoms with E-state index in [9.17, 15) is 39.0 Å². The van der Waals surface area contributed by atoms with E-state index >= 15 is 0 Å². The zero-order chi connectivity index (χ0) is 69.3. The highest BCUT2D eigenvalue weighted by Gasteiger charge is 2.53. The second-order valence-electron chi connectivity index (χ2n) is 27.1. The van der Waals surface area contributed by atoms with E-state index in [4.69, 9.17) is 38.9 Å². The Kier molecular flexibility index (Phi) is 28.4. The number of allylic oxidation sites excluding steroid dienone is 5. The lowest BCUT2D eigenvalue weighted by atomic mass is 9.78. The summed E-state index contributed by atoms with van der Waals surface area (Å²) in [5.41, 5.74) is 8.61. The first-order chi connectivity index (χ1) is 45.3. The van der Waals surface area contributed by atoms with Gasteiger partial charge in [-0.05, 0) is 126 Å². The van der Waals surface area contributed by atoms with Crippen LogP contribution in [0.2, 0.25) is 0 Å². The average Bonchev–Trinajstić information content (AvgIpc) is 0.788. The summed E-state index contributed by atoms with van der Waals surface area (Å²) in [6, 6.07) is -1.13. The van der Waals surface area contributed by atoms with Gasteiger partial charge in [-0.3, -0.25) is 24.0 Å². The van der Waals surface area contributed by atoms with Crippen LogP contribution in [-0.2, 0) is 63.6 Å². The van der Waals surface area contributed by atoms with Gasteiger partial charge in [-0.2, -0.15) is 4.98 Å². The molecule has 2 aromatic rings. The maximum absolute atomic E-state index is 14.9. The number of aliphatic hydroxyl groups excluding tert-OH is 1. The van der Waals surface area contributed by atoms with Crippen LogP contribution < -0.4 is 15.5 Å². The lowest BCUT2D eigenvalue weighted by Gasteiger charge is -2.43. The number of aromatic nitrogens is 4. The lowest BCUT2D eigenvalue weighted by Crippen LogP contribution is -2.61. The zero-order valence-electron chi connectivity index (χ0n) is 58.4. The molecule has 1 aliphatic carbocycles. The molecule has 16 atom stereocenters. The maximum atomic E-state index is 14.9. The third-order valence-electron chi connectivity index (χ3n) is 20.2. The highest BCUT2D eigenvalue weighted by atomic mass is 16.6. The number of nitrogens with two attached hydrogens (primary N) is 1. The van der Waals surface area contributed by atoms with Crippen LogP contribution in [0.4, 0.5) is 17.7 Å². The van der Waals surface area contributed by atoms with E-state index in [2.05, 4.69) is 24.8 Å². The molecular weight excluding hydrogens is 1220 g/mol. The minimum atomic E-state index is -2.45. The number of hydrogen-bond donors (Lipinski definition) is 3. The van der Waals surface area contributed by atoms with Crippen LogP contribution in [0.25, 0.3) is 0 Å². The number of ketones is 2. The molecule has 0 radical (unpaired) electrons. The normalized spacial score (nSPS) is 33.0. The summed E-state index contributed by atoms with van der Waals surface area (Å²) < 4.78 is 42.8. The summed E-state index contributed by atoms with van der Waals surface area (Å²) in [4.78, 5) is 109. The van der Waals surface area contributed by atoms with Crippen LogP contribution in [0.1, 0.15) is 155 Å². The molecule has 4 fully saturated rings. The van der Waals surface area contributed by atoms with E-state index in [0.29, 0.717) is 121 Å². The minimum absolute atomic E-state index is 0.0149. The monoisotopic (exact) mass is 1330 g/mol. The second kappa shape index (κ2) is 35.6. The van der Waals surface area contributed by atoms with Gasteiger partial charge in [0.1, 0.15) is 41.8 Å². The van der Waals surface area contributed by atoms with Crippen molar-refractivity contribution in [3.8, 4) is 0 Å². The molecule has 2 bridgehead atoms. The first-order valence-electron chi connectivity index (χ1n) is 34.2. The number of piperazine rings is 1. The maximum Gasteiger partial charge on any atom is 0.329 e. The van der Waals surface area contributed by atoms with Crippen molar-refractivity contribution < 1.29 is 72.1 Å². The van der Waals surface area contributed by atoms with Gasteiger partial charge in [-0.15, -0.1) is 0 Å². The zero-order valence-corrected chi connectivity index (χ0v) is 58.4. The Bertz CT molecular complexity index is 3030. The SMILES string of the molecule is CCN(C)C(=O)c1cnc(N2CCN(c3ncc(CCC(=O)O[C@@H]4CC[C@@H](C[C@@H](C)[C@@H]5C[C@@H](OC)[C@H](C)/C=C(\C)[C@@H](O)[C@@H](OC)C(=O)[C@H](C)C[C@H](C)/C=C/C=C/C=C(\C)[C@@H](OC)C[C@@H]6CC[C@@H](C)[C@@](O)(O6)C(=O)C(=O)N6CCCC[C@H]6C(=O)O5)C[C@H]4OC)cn3)CC2)nc1N. The van der Waals surface area contributed by atoms with Crippen LogP contribution in [0.3, 0.4) is 0 Å². The number of rotatable bonds is 15. The van der Waals surface area contributed by atoms with Crippen molar-refractivity contribution in [2.24, 2.45) is 35.5 Å². The summed E-state index contributed by atoms with van der Waals surface area (Å²) in [5.74, 6) is -6.71. The van der Waals surface area contributed by atoms with Gasteiger partial charge in [-0.25, -0.2) is 19.7 Å². The molecule has 0 aromatic carbocycles. The van der Waals surface area contributed by atoms with Crippen molar-refractivity contribution in [1.82, 2.24) is 29.7 Å². The third kappa shape index (κ3) is 19.8. The molecular formula is C71H107N9O15. The number of ether oxygens (including phenoxy) is 7. The Balaban J connectivity index is 1.03. The molecule has 0 unspecified atom stereocenters. The number of esters is 2. The number of aryl methyl sites for hydroxylation is 1. The first kappa shape index (κ1) is 75.8. The molecule has 526 valence electrons. The number of cyclic esters (lactones) is 1. The van der Waals surface area contributed by atoms with Crippen LogP contribution in [0.15, 0.2) is 66.2 Å². The fourth-order valence-corrected chi connectivity index (χ4v) is 13.9. The largest absolute Gasteiger partial charge is 0.460 e. The fraction of sp³-hybridized carbons (Fsp3) is 0.690. The number of amides is 2. The van der Waals surface area contributed by atoms with Gasteiger partial charge in [0, 0.05) is 130 Å².